The third-order valence-corrected chi connectivity index (χ3v) is 6.36. The summed E-state index contributed by atoms with van der Waals surface area (Å²) in [5.74, 6) is -0.338. The molecule has 5 aromatic rings. The van der Waals surface area contributed by atoms with Gasteiger partial charge in [0.25, 0.3) is 0 Å². The molecule has 2 aromatic carbocycles. The van der Waals surface area contributed by atoms with Crippen LogP contribution in [0.15, 0.2) is 73.3 Å². The average molecular weight is 541 g/mol. The predicted molar refractivity (Wildman–Crippen MR) is 150 cm³/mol. The van der Waals surface area contributed by atoms with Gasteiger partial charge in [-0.05, 0) is 47.4 Å². The molecule has 5 rings (SSSR count). The fourth-order valence-corrected chi connectivity index (χ4v) is 4.41. The minimum absolute atomic E-state index is 0.0181. The SMILES string of the molecule is CC(C)(C)CNc1c(C#N)cnc2c(Cl)cc(N[C@@H](c3ccc(F)cc3)c3cn(-c4cccnc4)nn3)cc12. The van der Waals surface area contributed by atoms with Gasteiger partial charge >= 0.3 is 0 Å². The van der Waals surface area contributed by atoms with Crippen molar-refractivity contribution in [2.24, 2.45) is 5.41 Å². The van der Waals surface area contributed by atoms with E-state index in [0.29, 0.717) is 45.1 Å². The van der Waals surface area contributed by atoms with Crippen molar-refractivity contribution < 1.29 is 4.39 Å². The van der Waals surface area contributed by atoms with Crippen molar-refractivity contribution in [2.45, 2.75) is 26.8 Å². The van der Waals surface area contributed by atoms with E-state index in [-0.39, 0.29) is 11.2 Å². The van der Waals surface area contributed by atoms with E-state index in [9.17, 15) is 9.65 Å². The van der Waals surface area contributed by atoms with E-state index in [1.165, 1.54) is 18.3 Å². The maximum atomic E-state index is 13.8. The van der Waals surface area contributed by atoms with Crippen LogP contribution >= 0.6 is 11.6 Å². The highest BCUT2D eigenvalue weighted by Gasteiger charge is 2.21. The summed E-state index contributed by atoms with van der Waals surface area (Å²) >= 11 is 6.70. The Bertz CT molecular complexity index is 1650. The number of rotatable bonds is 7. The van der Waals surface area contributed by atoms with Crippen molar-refractivity contribution in [1.29, 1.82) is 5.26 Å². The van der Waals surface area contributed by atoms with Crippen LogP contribution in [-0.4, -0.2) is 31.5 Å². The highest BCUT2D eigenvalue weighted by Crippen LogP contribution is 2.36. The number of hydrogen-bond donors (Lipinski definition) is 2. The van der Waals surface area contributed by atoms with E-state index in [1.54, 1.807) is 41.5 Å². The molecule has 3 aromatic heterocycles. The second-order valence-corrected chi connectivity index (χ2v) is 10.8. The molecule has 0 saturated heterocycles. The van der Waals surface area contributed by atoms with Gasteiger partial charge < -0.3 is 10.6 Å². The van der Waals surface area contributed by atoms with Crippen LogP contribution in [0.5, 0.6) is 0 Å². The molecule has 0 amide bonds. The zero-order valence-electron chi connectivity index (χ0n) is 21.7. The summed E-state index contributed by atoms with van der Waals surface area (Å²) in [6.45, 7) is 6.98. The van der Waals surface area contributed by atoms with Crippen molar-refractivity contribution in [1.82, 2.24) is 25.0 Å². The maximum Gasteiger partial charge on any atom is 0.123 e. The Hall–Kier alpha value is -4.55. The fraction of sp³-hybridized carbons (Fsp3) is 0.207. The molecule has 0 aliphatic heterocycles. The molecule has 0 saturated carbocycles. The lowest BCUT2D eigenvalue weighted by atomic mass is 9.96. The number of hydrogen-bond acceptors (Lipinski definition) is 7. The van der Waals surface area contributed by atoms with Crippen LogP contribution in [0.2, 0.25) is 5.02 Å². The zero-order valence-corrected chi connectivity index (χ0v) is 22.4. The Morgan fingerprint density at radius 3 is 2.62 bits per heavy atom. The first kappa shape index (κ1) is 26.1. The van der Waals surface area contributed by atoms with Gasteiger partial charge in [-0.1, -0.05) is 49.7 Å². The molecular weight excluding hydrogens is 515 g/mol. The van der Waals surface area contributed by atoms with Gasteiger partial charge in [0.05, 0.1) is 45.9 Å². The normalized spacial score (nSPS) is 12.2. The number of pyridine rings is 2. The molecule has 0 bridgehead atoms. The lowest BCUT2D eigenvalue weighted by molar-refractivity contribution is 0.443. The minimum Gasteiger partial charge on any atom is -0.383 e. The van der Waals surface area contributed by atoms with Crippen molar-refractivity contribution in [3.8, 4) is 11.8 Å². The molecule has 3 heterocycles. The third kappa shape index (κ3) is 5.81. The Morgan fingerprint density at radius 2 is 1.92 bits per heavy atom. The summed E-state index contributed by atoms with van der Waals surface area (Å²) < 4.78 is 15.4. The monoisotopic (exact) mass is 540 g/mol. The number of benzene rings is 2. The van der Waals surface area contributed by atoms with E-state index in [1.807, 2.05) is 18.2 Å². The summed E-state index contributed by atoms with van der Waals surface area (Å²) in [7, 11) is 0. The maximum absolute atomic E-state index is 13.8. The van der Waals surface area contributed by atoms with Crippen molar-refractivity contribution in [2.75, 3.05) is 17.2 Å². The summed E-state index contributed by atoms with van der Waals surface area (Å²) in [6, 6.07) is 15.3. The number of aromatic nitrogens is 5. The standard InChI is InChI=1S/C29H26ClFN8/c1-29(2,3)17-35-26-19(13-32)14-34-28-23(26)11-21(12-24(28)30)36-27(18-6-8-20(31)9-7-18)25-16-39(38-37-25)22-5-4-10-33-15-22/h4-12,14-16,27,36H,17H2,1-3H3,(H,34,35)/t27-/m0/s1. The van der Waals surface area contributed by atoms with Crippen LogP contribution in [-0.2, 0) is 0 Å². The van der Waals surface area contributed by atoms with Gasteiger partial charge in [0.15, 0.2) is 0 Å². The van der Waals surface area contributed by atoms with Crippen molar-refractivity contribution in [3.63, 3.8) is 0 Å². The van der Waals surface area contributed by atoms with E-state index in [2.05, 4.69) is 57.8 Å². The topological polar surface area (TPSA) is 104 Å². The lowest BCUT2D eigenvalue weighted by Crippen LogP contribution is -2.20. The van der Waals surface area contributed by atoms with Crippen LogP contribution in [0, 0.1) is 22.6 Å². The second-order valence-electron chi connectivity index (χ2n) is 10.4. The smallest absolute Gasteiger partial charge is 0.123 e. The average Bonchev–Trinajstić information content (AvgIpc) is 3.41. The van der Waals surface area contributed by atoms with E-state index < -0.39 is 6.04 Å². The van der Waals surface area contributed by atoms with Crippen LogP contribution in [0.1, 0.15) is 43.6 Å². The fourth-order valence-electron chi connectivity index (χ4n) is 4.15. The summed E-state index contributed by atoms with van der Waals surface area (Å²) in [6.07, 6.45) is 6.70. The van der Waals surface area contributed by atoms with Crippen molar-refractivity contribution in [3.05, 3.63) is 101 Å². The molecule has 0 fully saturated rings. The summed E-state index contributed by atoms with van der Waals surface area (Å²) in [5.41, 5.74) is 4.48. The highest BCUT2D eigenvalue weighted by molar-refractivity contribution is 6.35. The first-order valence-corrected chi connectivity index (χ1v) is 12.7. The first-order chi connectivity index (χ1) is 18.7. The number of halogens is 2. The Morgan fingerprint density at radius 1 is 1.13 bits per heavy atom. The molecule has 39 heavy (non-hydrogen) atoms. The van der Waals surface area contributed by atoms with Gasteiger partial charge in [-0.2, -0.15) is 5.26 Å². The number of fused-ring (bicyclic) bond motifs is 1. The quantitative estimate of drug-likeness (QED) is 0.242. The molecule has 196 valence electrons. The van der Waals surface area contributed by atoms with Gasteiger partial charge in [0.2, 0.25) is 0 Å². The van der Waals surface area contributed by atoms with Gasteiger partial charge in [-0.3, -0.25) is 9.97 Å². The Labute approximate surface area is 230 Å². The highest BCUT2D eigenvalue weighted by atomic mass is 35.5. The number of anilines is 2. The van der Waals surface area contributed by atoms with E-state index >= 15 is 0 Å². The van der Waals surface area contributed by atoms with Gasteiger partial charge in [0, 0.05) is 30.0 Å². The predicted octanol–water partition coefficient (Wildman–Crippen LogP) is 6.53. The van der Waals surface area contributed by atoms with Gasteiger partial charge in [0.1, 0.15) is 17.6 Å². The van der Waals surface area contributed by atoms with Crippen LogP contribution in [0.3, 0.4) is 0 Å². The molecule has 0 radical (unpaired) electrons. The molecule has 0 spiro atoms. The van der Waals surface area contributed by atoms with Crippen LogP contribution < -0.4 is 10.6 Å². The van der Waals surface area contributed by atoms with Gasteiger partial charge in [-0.15, -0.1) is 5.10 Å². The van der Waals surface area contributed by atoms with Crippen molar-refractivity contribution >= 4 is 33.9 Å². The van der Waals surface area contributed by atoms with Crippen LogP contribution in [0.25, 0.3) is 16.6 Å². The molecule has 0 aliphatic carbocycles. The largest absolute Gasteiger partial charge is 0.383 e. The molecule has 8 nitrogen and oxygen atoms in total. The molecule has 1 atom stereocenters. The van der Waals surface area contributed by atoms with Gasteiger partial charge in [-0.25, -0.2) is 9.07 Å². The molecule has 0 unspecified atom stereocenters. The Balaban J connectivity index is 1.58. The molecule has 0 aliphatic rings. The Kier molecular flexibility index (Phi) is 7.13. The van der Waals surface area contributed by atoms with E-state index in [0.717, 1.165) is 11.3 Å². The lowest BCUT2D eigenvalue weighted by Gasteiger charge is -2.22. The molecule has 10 heteroatoms. The summed E-state index contributed by atoms with van der Waals surface area (Å²) in [4.78, 5) is 8.59. The van der Waals surface area contributed by atoms with Crippen LogP contribution in [0.4, 0.5) is 15.8 Å². The minimum atomic E-state index is -0.484. The first-order valence-electron chi connectivity index (χ1n) is 12.3. The zero-order chi connectivity index (χ0) is 27.6. The number of nitrogens with zero attached hydrogens (tertiary/aromatic N) is 6. The molecule has 2 N–H and O–H groups in total. The second kappa shape index (κ2) is 10.7. The third-order valence-electron chi connectivity index (χ3n) is 6.07. The number of nitriles is 1. The summed E-state index contributed by atoms with van der Waals surface area (Å²) in [5, 5.41) is 26.5. The number of nitrogens with one attached hydrogen (secondary N) is 2. The molecular formula is C29H26ClFN8. The van der Waals surface area contributed by atoms with E-state index in [4.69, 9.17) is 11.6 Å².